The molecule has 2 N–H and O–H groups in total. The molecule has 0 fully saturated rings. The Labute approximate surface area is 239 Å². The van der Waals surface area contributed by atoms with Crippen LogP contribution in [0, 0.1) is 0 Å². The van der Waals surface area contributed by atoms with Gasteiger partial charge in [-0.3, -0.25) is 9.59 Å². The van der Waals surface area contributed by atoms with Crippen molar-refractivity contribution < 1.29 is 19.1 Å². The third-order valence-electron chi connectivity index (χ3n) is 4.85. The lowest BCUT2D eigenvalue weighted by Gasteiger charge is -2.14. The smallest absolute Gasteiger partial charge is 0.280 e. The minimum absolute atomic E-state index is 0.301. The van der Waals surface area contributed by atoms with Gasteiger partial charge >= 0.3 is 0 Å². The van der Waals surface area contributed by atoms with Gasteiger partial charge in [-0.1, -0.05) is 70.7 Å². The zero-order valence-electron chi connectivity index (χ0n) is 20.1. The molecule has 0 spiro atoms. The number of nitrogens with zero attached hydrogens (tertiary/aromatic N) is 2. The maximum absolute atomic E-state index is 12.2. The molecule has 2 atom stereocenters. The molecular formula is C26H22Cl4N4O4. The van der Waals surface area contributed by atoms with Crippen LogP contribution < -0.4 is 20.3 Å². The van der Waals surface area contributed by atoms with E-state index in [1.807, 2.05) is 0 Å². The lowest BCUT2D eigenvalue weighted by Crippen LogP contribution is -2.33. The van der Waals surface area contributed by atoms with Crippen molar-refractivity contribution in [2.45, 2.75) is 26.1 Å². The molecule has 8 nitrogen and oxygen atoms in total. The minimum atomic E-state index is -0.837. The summed E-state index contributed by atoms with van der Waals surface area (Å²) in [7, 11) is 0. The fourth-order valence-corrected chi connectivity index (χ4v) is 3.73. The molecule has 0 aliphatic carbocycles. The zero-order chi connectivity index (χ0) is 27.7. The SMILES string of the molecule is CC(Oc1ccc(Cl)cc1Cl)C(=O)NN=Cc1ccc(C=NNC(=O)C(C)Oc2ccc(Cl)cc2Cl)cc1. The van der Waals surface area contributed by atoms with E-state index in [2.05, 4.69) is 21.1 Å². The van der Waals surface area contributed by atoms with Crippen LogP contribution in [-0.4, -0.2) is 36.5 Å². The van der Waals surface area contributed by atoms with E-state index < -0.39 is 24.0 Å². The average Bonchev–Trinajstić information content (AvgIpc) is 2.88. The molecule has 0 heterocycles. The van der Waals surface area contributed by atoms with Crippen molar-refractivity contribution >= 4 is 70.6 Å². The van der Waals surface area contributed by atoms with E-state index in [0.29, 0.717) is 31.6 Å². The van der Waals surface area contributed by atoms with Crippen LogP contribution in [0.15, 0.2) is 70.9 Å². The Hall–Kier alpha value is -3.30. The first kappa shape index (κ1) is 29.3. The van der Waals surface area contributed by atoms with Gasteiger partial charge in [0.1, 0.15) is 11.5 Å². The Bertz CT molecular complexity index is 1250. The molecule has 198 valence electrons. The van der Waals surface area contributed by atoms with Crippen LogP contribution in [0.1, 0.15) is 25.0 Å². The summed E-state index contributed by atoms with van der Waals surface area (Å²) in [5, 5.41) is 9.41. The third-order valence-corrected chi connectivity index (χ3v) is 5.91. The van der Waals surface area contributed by atoms with Gasteiger partial charge in [-0.15, -0.1) is 0 Å². The van der Waals surface area contributed by atoms with Gasteiger partial charge in [0.25, 0.3) is 11.8 Å². The second-order valence-corrected chi connectivity index (χ2v) is 9.49. The molecule has 38 heavy (non-hydrogen) atoms. The predicted molar refractivity (Wildman–Crippen MR) is 151 cm³/mol. The Morgan fingerprint density at radius 2 is 1.05 bits per heavy atom. The highest BCUT2D eigenvalue weighted by Crippen LogP contribution is 2.29. The number of carbonyl (C=O) groups excluding carboxylic acids is 2. The van der Waals surface area contributed by atoms with Crippen molar-refractivity contribution in [3.8, 4) is 11.5 Å². The third kappa shape index (κ3) is 8.92. The molecular weight excluding hydrogens is 574 g/mol. The second kappa shape index (κ2) is 14.0. The molecule has 0 aliphatic heterocycles. The number of hydrazone groups is 2. The van der Waals surface area contributed by atoms with Crippen LogP contribution in [0.4, 0.5) is 0 Å². The van der Waals surface area contributed by atoms with E-state index in [0.717, 1.165) is 11.1 Å². The number of ether oxygens (including phenoxy) is 2. The fourth-order valence-electron chi connectivity index (χ4n) is 2.82. The van der Waals surface area contributed by atoms with Crippen molar-refractivity contribution in [1.29, 1.82) is 0 Å². The Morgan fingerprint density at radius 1 is 0.684 bits per heavy atom. The Morgan fingerprint density at radius 3 is 1.39 bits per heavy atom. The number of amides is 2. The average molecular weight is 596 g/mol. The Kier molecular flexibility index (Phi) is 10.8. The molecule has 3 aromatic carbocycles. The summed E-state index contributed by atoms with van der Waals surface area (Å²) in [6, 6.07) is 16.5. The number of hydrogen-bond acceptors (Lipinski definition) is 6. The second-order valence-electron chi connectivity index (χ2n) is 7.80. The van der Waals surface area contributed by atoms with E-state index in [9.17, 15) is 9.59 Å². The largest absolute Gasteiger partial charge is 0.479 e. The first-order chi connectivity index (χ1) is 18.1. The molecule has 0 aliphatic rings. The van der Waals surface area contributed by atoms with Crippen LogP contribution in [0.2, 0.25) is 20.1 Å². The monoisotopic (exact) mass is 594 g/mol. The summed E-state index contributed by atoms with van der Waals surface area (Å²) < 4.78 is 11.1. The van der Waals surface area contributed by atoms with Gasteiger partial charge in [0.2, 0.25) is 0 Å². The number of nitrogens with one attached hydrogen (secondary N) is 2. The maximum atomic E-state index is 12.2. The summed E-state index contributed by atoms with van der Waals surface area (Å²) in [6.45, 7) is 3.14. The van der Waals surface area contributed by atoms with Gasteiger partial charge in [0.15, 0.2) is 12.2 Å². The first-order valence-electron chi connectivity index (χ1n) is 11.1. The molecule has 3 rings (SSSR count). The van der Waals surface area contributed by atoms with Gasteiger partial charge in [-0.25, -0.2) is 10.9 Å². The van der Waals surface area contributed by atoms with E-state index in [-0.39, 0.29) is 0 Å². The lowest BCUT2D eigenvalue weighted by atomic mass is 10.2. The van der Waals surface area contributed by atoms with Crippen molar-refractivity contribution in [2.75, 3.05) is 0 Å². The highest BCUT2D eigenvalue weighted by molar-refractivity contribution is 6.36. The molecule has 0 bridgehead atoms. The highest BCUT2D eigenvalue weighted by Gasteiger charge is 2.16. The number of hydrogen-bond donors (Lipinski definition) is 2. The molecule has 2 amide bonds. The number of halogens is 4. The van der Waals surface area contributed by atoms with Gasteiger partial charge < -0.3 is 9.47 Å². The molecule has 12 heteroatoms. The quantitative estimate of drug-likeness (QED) is 0.217. The zero-order valence-corrected chi connectivity index (χ0v) is 23.1. The molecule has 0 saturated heterocycles. The van der Waals surface area contributed by atoms with Crippen molar-refractivity contribution in [3.05, 3.63) is 91.9 Å². The van der Waals surface area contributed by atoms with E-state index in [4.69, 9.17) is 55.9 Å². The van der Waals surface area contributed by atoms with Crippen molar-refractivity contribution in [3.63, 3.8) is 0 Å². The molecule has 0 aromatic heterocycles. The number of benzene rings is 3. The number of rotatable bonds is 10. The van der Waals surface area contributed by atoms with Gasteiger partial charge in [0, 0.05) is 10.0 Å². The van der Waals surface area contributed by atoms with Crippen LogP contribution in [-0.2, 0) is 9.59 Å². The summed E-state index contributed by atoms with van der Waals surface area (Å²) in [6.07, 6.45) is 1.28. The highest BCUT2D eigenvalue weighted by atomic mass is 35.5. The van der Waals surface area contributed by atoms with E-state index in [1.165, 1.54) is 24.6 Å². The molecule has 2 unspecified atom stereocenters. The van der Waals surface area contributed by atoms with Crippen LogP contribution >= 0.6 is 46.4 Å². The van der Waals surface area contributed by atoms with Crippen LogP contribution in [0.25, 0.3) is 0 Å². The first-order valence-corrected chi connectivity index (χ1v) is 12.6. The van der Waals surface area contributed by atoms with Gasteiger partial charge in [-0.05, 0) is 61.4 Å². The lowest BCUT2D eigenvalue weighted by molar-refractivity contribution is -0.127. The van der Waals surface area contributed by atoms with E-state index >= 15 is 0 Å². The predicted octanol–water partition coefficient (Wildman–Crippen LogP) is 6.14. The summed E-state index contributed by atoms with van der Waals surface area (Å²) >= 11 is 23.8. The summed E-state index contributed by atoms with van der Waals surface area (Å²) in [5.41, 5.74) is 6.28. The minimum Gasteiger partial charge on any atom is -0.479 e. The molecule has 0 saturated carbocycles. The summed E-state index contributed by atoms with van der Waals surface area (Å²) in [5.74, 6) is -0.236. The normalized spacial score (nSPS) is 12.8. The van der Waals surface area contributed by atoms with Crippen LogP contribution in [0.3, 0.4) is 0 Å². The van der Waals surface area contributed by atoms with E-state index in [1.54, 1.807) is 62.4 Å². The fraction of sp³-hybridized carbons (Fsp3) is 0.154. The maximum Gasteiger partial charge on any atom is 0.280 e. The van der Waals surface area contributed by atoms with Gasteiger partial charge in [-0.2, -0.15) is 10.2 Å². The van der Waals surface area contributed by atoms with Crippen molar-refractivity contribution in [1.82, 2.24) is 10.9 Å². The van der Waals surface area contributed by atoms with Gasteiger partial charge in [0.05, 0.1) is 22.5 Å². The standard InChI is InChI=1S/C26H22Cl4N4O4/c1-15(37-23-9-7-19(27)11-21(23)29)25(35)33-31-13-17-3-5-18(6-4-17)14-32-34-26(36)16(2)38-24-10-8-20(28)12-22(24)30/h3-16H,1-2H3,(H,33,35)(H,34,36). The number of carbonyl (C=O) groups is 2. The Balaban J connectivity index is 1.45. The topological polar surface area (TPSA) is 101 Å². The molecule has 3 aromatic rings. The van der Waals surface area contributed by atoms with Crippen LogP contribution in [0.5, 0.6) is 11.5 Å². The van der Waals surface area contributed by atoms with Crippen molar-refractivity contribution in [2.24, 2.45) is 10.2 Å². The molecule has 0 radical (unpaired) electrons. The summed E-state index contributed by atoms with van der Waals surface area (Å²) in [4.78, 5) is 24.5.